The van der Waals surface area contributed by atoms with Gasteiger partial charge in [0.1, 0.15) is 0 Å². The molecule has 0 atom stereocenters. The van der Waals surface area contributed by atoms with Crippen LogP contribution in [-0.4, -0.2) is 39.9 Å². The standard InChI is InChI=1S/C40H24N4.C36H22N4/c1-2-8-32-25(5-1)6-3-9-33(32)36-19-15-30-23-28(13-17-34(30)42-36)29-14-18-35-31(24-29)16-21-37(43-35)38-20-12-27-11-10-26-7-4-22-41-39(26)40(27)44-38;1-2-5-23(6-3-1)30-17-13-28-21-26(11-15-31(28)38-30)27-12-16-32-29(22-27)14-19-33(39-32)34-18-10-25-9-8-24-7-4-20-37-35(24)36(25)40-34/h1-24H;1-22H. The van der Waals surface area contributed by atoms with Crippen molar-refractivity contribution in [1.82, 2.24) is 39.9 Å². The summed E-state index contributed by atoms with van der Waals surface area (Å²) in [7, 11) is 0. The first-order chi connectivity index (χ1) is 41.5. The highest BCUT2D eigenvalue weighted by Crippen LogP contribution is 2.35. The molecule has 8 heteroatoms. The Morgan fingerprint density at radius 1 is 0.190 bits per heavy atom. The van der Waals surface area contributed by atoms with Crippen molar-refractivity contribution < 1.29 is 0 Å². The zero-order chi connectivity index (χ0) is 55.5. The van der Waals surface area contributed by atoms with Gasteiger partial charge in [-0.3, -0.25) is 9.97 Å². The summed E-state index contributed by atoms with van der Waals surface area (Å²) in [5, 5.41) is 11.2. The molecule has 0 saturated heterocycles. The van der Waals surface area contributed by atoms with Crippen molar-refractivity contribution in [1.29, 1.82) is 0 Å². The van der Waals surface area contributed by atoms with Crippen LogP contribution in [0.25, 0.3) is 166 Å². The molecule has 8 nitrogen and oxygen atoms in total. The number of hydrogen-bond donors (Lipinski definition) is 0. The fourth-order valence-corrected chi connectivity index (χ4v) is 11.6. The van der Waals surface area contributed by atoms with Crippen LogP contribution in [-0.2, 0) is 0 Å². The van der Waals surface area contributed by atoms with Gasteiger partial charge < -0.3 is 0 Å². The van der Waals surface area contributed by atoms with Crippen molar-refractivity contribution in [2.24, 2.45) is 0 Å². The van der Waals surface area contributed by atoms with Crippen LogP contribution in [0.4, 0.5) is 0 Å². The minimum atomic E-state index is 0.839. The second-order valence-electron chi connectivity index (χ2n) is 21.1. The van der Waals surface area contributed by atoms with E-state index in [1.165, 1.54) is 10.8 Å². The summed E-state index contributed by atoms with van der Waals surface area (Å²) >= 11 is 0. The molecule has 9 aromatic carbocycles. The third-order valence-electron chi connectivity index (χ3n) is 15.9. The summed E-state index contributed by atoms with van der Waals surface area (Å²) in [6.07, 6.45) is 3.63. The average Bonchev–Trinajstić information content (AvgIpc) is 3.76. The SMILES string of the molecule is c1ccc(-c2ccc3cc(-c4ccc5nc(-c6ccc7ccc8cccnc8c7n6)ccc5c4)ccc3n2)cc1.c1ccc2c(-c3ccc4cc(-c5ccc6nc(-c7ccc8ccc9cccnc9c8n7)ccc6c5)ccc4n3)cccc2c1. The first-order valence-corrected chi connectivity index (χ1v) is 28.0. The van der Waals surface area contributed by atoms with Crippen LogP contribution in [0, 0.1) is 0 Å². The summed E-state index contributed by atoms with van der Waals surface area (Å²) in [6.45, 7) is 0. The Balaban J connectivity index is 0.000000138. The molecular weight excluding hydrogens is 1020 g/mol. The Kier molecular flexibility index (Phi) is 11.7. The van der Waals surface area contributed by atoms with Crippen LogP contribution in [0.3, 0.4) is 0 Å². The minimum absolute atomic E-state index is 0.839. The molecule has 390 valence electrons. The Labute approximate surface area is 482 Å². The maximum absolute atomic E-state index is 5.03. The Bertz CT molecular complexity index is 5470. The summed E-state index contributed by atoms with van der Waals surface area (Å²) in [5.74, 6) is 0. The molecule has 0 aliphatic carbocycles. The molecule has 0 fully saturated rings. The van der Waals surface area contributed by atoms with E-state index in [2.05, 4.69) is 228 Å². The number of rotatable bonds is 6. The monoisotopic (exact) mass is 1070 g/mol. The van der Waals surface area contributed by atoms with Crippen LogP contribution in [0.5, 0.6) is 0 Å². The first-order valence-electron chi connectivity index (χ1n) is 28.0. The molecule has 0 aliphatic rings. The number of aromatic nitrogens is 8. The number of nitrogens with zero attached hydrogens (tertiary/aromatic N) is 8. The quantitative estimate of drug-likeness (QED) is 0.152. The maximum atomic E-state index is 5.03. The molecule has 8 heterocycles. The number of hydrogen-bond acceptors (Lipinski definition) is 8. The topological polar surface area (TPSA) is 103 Å². The zero-order valence-electron chi connectivity index (χ0n) is 45.1. The molecular formula is C76H46N8. The molecule has 0 radical (unpaired) electrons. The van der Waals surface area contributed by atoms with Crippen LogP contribution >= 0.6 is 0 Å². The highest BCUT2D eigenvalue weighted by atomic mass is 14.8. The highest BCUT2D eigenvalue weighted by Gasteiger charge is 2.14. The molecule has 0 unspecified atom stereocenters. The lowest BCUT2D eigenvalue weighted by Gasteiger charge is -2.10. The lowest BCUT2D eigenvalue weighted by molar-refractivity contribution is 1.31. The van der Waals surface area contributed by atoms with Gasteiger partial charge in [0.05, 0.1) is 78.3 Å². The molecule has 0 N–H and O–H groups in total. The fourth-order valence-electron chi connectivity index (χ4n) is 11.6. The van der Waals surface area contributed by atoms with E-state index in [-0.39, 0.29) is 0 Å². The maximum Gasteiger partial charge on any atom is 0.0972 e. The number of benzene rings is 9. The third-order valence-corrected chi connectivity index (χ3v) is 15.9. The van der Waals surface area contributed by atoms with Gasteiger partial charge in [-0.2, -0.15) is 0 Å². The molecule has 0 spiro atoms. The van der Waals surface area contributed by atoms with Gasteiger partial charge in [0.25, 0.3) is 0 Å². The van der Waals surface area contributed by atoms with Crippen molar-refractivity contribution in [2.75, 3.05) is 0 Å². The molecule has 0 bridgehead atoms. The summed E-state index contributed by atoms with van der Waals surface area (Å²) in [6, 6.07) is 92.5. The van der Waals surface area contributed by atoms with E-state index >= 15 is 0 Å². The average molecular weight is 1070 g/mol. The molecule has 8 aromatic heterocycles. The lowest BCUT2D eigenvalue weighted by atomic mass is 9.99. The molecule has 17 rings (SSSR count). The van der Waals surface area contributed by atoms with E-state index in [9.17, 15) is 0 Å². The lowest BCUT2D eigenvalue weighted by Crippen LogP contribution is -1.91. The summed E-state index contributed by atoms with van der Waals surface area (Å²) in [4.78, 5) is 39.0. The molecule has 0 aliphatic heterocycles. The van der Waals surface area contributed by atoms with E-state index in [1.807, 2.05) is 60.9 Å². The van der Waals surface area contributed by atoms with E-state index < -0.39 is 0 Å². The Hall–Kier alpha value is -11.5. The van der Waals surface area contributed by atoms with E-state index in [4.69, 9.17) is 29.9 Å². The van der Waals surface area contributed by atoms with Crippen LogP contribution in [0.2, 0.25) is 0 Å². The molecule has 84 heavy (non-hydrogen) atoms. The molecule has 0 saturated carbocycles. The van der Waals surface area contributed by atoms with Gasteiger partial charge in [-0.25, -0.2) is 29.9 Å². The van der Waals surface area contributed by atoms with Crippen molar-refractivity contribution in [3.8, 4) is 67.5 Å². The number of pyridine rings is 8. The largest absolute Gasteiger partial charge is 0.254 e. The van der Waals surface area contributed by atoms with Gasteiger partial charge in [0.15, 0.2) is 0 Å². The van der Waals surface area contributed by atoms with Crippen molar-refractivity contribution in [3.63, 3.8) is 0 Å². The van der Waals surface area contributed by atoms with Crippen molar-refractivity contribution in [3.05, 3.63) is 279 Å². The minimum Gasteiger partial charge on any atom is -0.254 e. The molecule has 17 aromatic rings. The normalized spacial score (nSPS) is 11.6. The predicted octanol–water partition coefficient (Wildman–Crippen LogP) is 18.9. The van der Waals surface area contributed by atoms with Crippen molar-refractivity contribution >= 4 is 98.0 Å². The summed E-state index contributed by atoms with van der Waals surface area (Å²) in [5.41, 5.74) is 19.7. The summed E-state index contributed by atoms with van der Waals surface area (Å²) < 4.78 is 0. The Morgan fingerprint density at radius 3 is 1.05 bits per heavy atom. The fraction of sp³-hybridized carbons (Fsp3) is 0. The van der Waals surface area contributed by atoms with Gasteiger partial charge in [0, 0.05) is 66.6 Å². The predicted molar refractivity (Wildman–Crippen MR) is 345 cm³/mol. The van der Waals surface area contributed by atoms with Gasteiger partial charge in [-0.15, -0.1) is 0 Å². The van der Waals surface area contributed by atoms with Gasteiger partial charge >= 0.3 is 0 Å². The van der Waals surface area contributed by atoms with E-state index in [1.54, 1.807) is 0 Å². The smallest absolute Gasteiger partial charge is 0.0972 e. The Morgan fingerprint density at radius 2 is 0.548 bits per heavy atom. The van der Waals surface area contributed by atoms with Crippen molar-refractivity contribution in [2.45, 2.75) is 0 Å². The zero-order valence-corrected chi connectivity index (χ0v) is 45.1. The second-order valence-corrected chi connectivity index (χ2v) is 21.1. The van der Waals surface area contributed by atoms with Gasteiger partial charge in [0.2, 0.25) is 0 Å². The second kappa shape index (κ2) is 20.3. The molecule has 0 amide bonds. The van der Waals surface area contributed by atoms with E-state index in [0.29, 0.717) is 0 Å². The van der Waals surface area contributed by atoms with Gasteiger partial charge in [-0.05, 0) is 130 Å². The van der Waals surface area contributed by atoms with Crippen LogP contribution in [0.15, 0.2) is 279 Å². The van der Waals surface area contributed by atoms with Crippen LogP contribution in [0.1, 0.15) is 0 Å². The van der Waals surface area contributed by atoms with Crippen LogP contribution < -0.4 is 0 Å². The number of fused-ring (bicyclic) bond motifs is 11. The highest BCUT2D eigenvalue weighted by molar-refractivity contribution is 6.05. The third kappa shape index (κ3) is 8.92. The first kappa shape index (κ1) is 48.4. The van der Waals surface area contributed by atoms with E-state index in [0.717, 1.165) is 155 Å². The van der Waals surface area contributed by atoms with Gasteiger partial charge in [-0.1, -0.05) is 170 Å².